The fourth-order valence-corrected chi connectivity index (χ4v) is 1.73. The molecule has 0 aliphatic rings. The van der Waals surface area contributed by atoms with Crippen LogP contribution < -0.4 is 0 Å². The second-order valence-corrected chi connectivity index (χ2v) is 5.00. The first kappa shape index (κ1) is 11.1. The highest BCUT2D eigenvalue weighted by Crippen LogP contribution is 2.19. The first-order valence-electron chi connectivity index (χ1n) is 4.52. The van der Waals surface area contributed by atoms with Gasteiger partial charge in [-0.3, -0.25) is 0 Å². The molecule has 1 aromatic carbocycles. The molecule has 0 aromatic heterocycles. The van der Waals surface area contributed by atoms with Gasteiger partial charge in [0.1, 0.15) is 0 Å². The molecule has 0 saturated heterocycles. The summed E-state index contributed by atoms with van der Waals surface area (Å²) in [7, 11) is 0. The van der Waals surface area contributed by atoms with Crippen molar-refractivity contribution in [3.63, 3.8) is 0 Å². The Labute approximate surface area is 93.4 Å². The summed E-state index contributed by atoms with van der Waals surface area (Å²) in [5.41, 5.74) is 2.51. The molecule has 0 nitrogen and oxygen atoms in total. The maximum Gasteiger partial charge on any atom is 0.0435 e. The highest BCUT2D eigenvalue weighted by Gasteiger charge is 2.03. The molecule has 1 unspecified atom stereocenters. The quantitative estimate of drug-likeness (QED) is 0.709. The Balaban J connectivity index is 2.73. The summed E-state index contributed by atoms with van der Waals surface area (Å²) in [6.07, 6.45) is 2.23. The fourth-order valence-electron chi connectivity index (χ4n) is 1.23. The minimum atomic E-state index is 0.577. The molecule has 13 heavy (non-hydrogen) atoms. The van der Waals surface area contributed by atoms with Gasteiger partial charge < -0.3 is 0 Å². The Kier molecular flexibility index (Phi) is 4.27. The Morgan fingerprint density at radius 2 is 2.15 bits per heavy atom. The lowest BCUT2D eigenvalue weighted by atomic mass is 10.1. The van der Waals surface area contributed by atoms with Crippen LogP contribution in [0.1, 0.15) is 24.5 Å². The number of halogens is 2. The van der Waals surface area contributed by atoms with Crippen molar-refractivity contribution in [1.29, 1.82) is 0 Å². The third-order valence-corrected chi connectivity index (χ3v) is 3.52. The smallest absolute Gasteiger partial charge is 0.0435 e. The Bertz CT molecular complexity index is 283. The van der Waals surface area contributed by atoms with Crippen LogP contribution in [0.3, 0.4) is 0 Å². The third kappa shape index (κ3) is 3.32. The maximum atomic E-state index is 5.94. The van der Waals surface area contributed by atoms with Crippen molar-refractivity contribution in [3.8, 4) is 0 Å². The predicted octanol–water partition coefficient (Wildman–Crippen LogP) is 4.36. The van der Waals surface area contributed by atoms with Gasteiger partial charge in [0.25, 0.3) is 0 Å². The first-order valence-corrected chi connectivity index (χ1v) is 5.82. The summed E-state index contributed by atoms with van der Waals surface area (Å²) in [5, 5.41) is 0.853. The molecule has 0 fully saturated rings. The van der Waals surface area contributed by atoms with Crippen molar-refractivity contribution in [2.75, 3.05) is 0 Å². The van der Waals surface area contributed by atoms with Gasteiger partial charge in [0.15, 0.2) is 0 Å². The normalized spacial score (nSPS) is 12.9. The summed E-state index contributed by atoms with van der Waals surface area (Å²) < 4.78 is 0. The van der Waals surface area contributed by atoms with Crippen molar-refractivity contribution in [2.45, 2.75) is 31.5 Å². The van der Waals surface area contributed by atoms with Crippen molar-refractivity contribution >= 4 is 27.5 Å². The molecule has 72 valence electrons. The highest BCUT2D eigenvalue weighted by atomic mass is 79.9. The molecule has 0 N–H and O–H groups in total. The average Bonchev–Trinajstić information content (AvgIpc) is 2.11. The van der Waals surface area contributed by atoms with Crippen molar-refractivity contribution in [1.82, 2.24) is 0 Å². The zero-order valence-corrected chi connectivity index (χ0v) is 10.3. The van der Waals surface area contributed by atoms with Gasteiger partial charge in [0.05, 0.1) is 0 Å². The standard InChI is InChI=1S/C11H14BrCl/c1-3-10(12)7-9-4-5-11(13)8(2)6-9/h4-6,10H,3,7H2,1-2H3. The summed E-state index contributed by atoms with van der Waals surface area (Å²) >= 11 is 9.56. The molecular weight excluding hydrogens is 247 g/mol. The van der Waals surface area contributed by atoms with E-state index in [0.717, 1.165) is 23.4 Å². The summed E-state index contributed by atoms with van der Waals surface area (Å²) in [6, 6.07) is 6.23. The van der Waals surface area contributed by atoms with Crippen LogP contribution in [0, 0.1) is 6.92 Å². The topological polar surface area (TPSA) is 0 Å². The van der Waals surface area contributed by atoms with E-state index in [4.69, 9.17) is 11.6 Å². The maximum absolute atomic E-state index is 5.94. The molecule has 0 heterocycles. The zero-order valence-electron chi connectivity index (χ0n) is 7.98. The lowest BCUT2D eigenvalue weighted by Gasteiger charge is -2.07. The number of alkyl halides is 1. The molecule has 0 radical (unpaired) electrons. The van der Waals surface area contributed by atoms with Crippen LogP contribution in [0.5, 0.6) is 0 Å². The summed E-state index contributed by atoms with van der Waals surface area (Å²) in [6.45, 7) is 4.23. The van der Waals surface area contributed by atoms with E-state index in [0.29, 0.717) is 4.83 Å². The Morgan fingerprint density at radius 1 is 1.46 bits per heavy atom. The lowest BCUT2D eigenvalue weighted by Crippen LogP contribution is -2.00. The van der Waals surface area contributed by atoms with Gasteiger partial charge in [-0.1, -0.05) is 46.6 Å². The molecule has 1 rings (SSSR count). The van der Waals surface area contributed by atoms with Crippen LogP contribution >= 0.6 is 27.5 Å². The van der Waals surface area contributed by atoms with E-state index in [-0.39, 0.29) is 0 Å². The van der Waals surface area contributed by atoms with Gasteiger partial charge in [0, 0.05) is 9.85 Å². The molecule has 0 amide bonds. The van der Waals surface area contributed by atoms with E-state index >= 15 is 0 Å². The molecule has 0 saturated carbocycles. The molecule has 0 aliphatic heterocycles. The van der Waals surface area contributed by atoms with E-state index in [1.807, 2.05) is 13.0 Å². The van der Waals surface area contributed by atoms with E-state index in [2.05, 4.69) is 35.0 Å². The van der Waals surface area contributed by atoms with Crippen LogP contribution in [0.2, 0.25) is 5.02 Å². The average molecular weight is 262 g/mol. The van der Waals surface area contributed by atoms with Crippen molar-refractivity contribution in [2.24, 2.45) is 0 Å². The van der Waals surface area contributed by atoms with Gasteiger partial charge in [-0.2, -0.15) is 0 Å². The molecule has 1 aromatic rings. The van der Waals surface area contributed by atoms with Crippen LogP contribution in [-0.4, -0.2) is 4.83 Å². The second-order valence-electron chi connectivity index (χ2n) is 3.29. The van der Waals surface area contributed by atoms with Crippen LogP contribution in [-0.2, 0) is 6.42 Å². The third-order valence-electron chi connectivity index (χ3n) is 2.12. The number of hydrogen-bond donors (Lipinski definition) is 0. The summed E-state index contributed by atoms with van der Waals surface area (Å²) in [5.74, 6) is 0. The summed E-state index contributed by atoms with van der Waals surface area (Å²) in [4.78, 5) is 0.577. The lowest BCUT2D eigenvalue weighted by molar-refractivity contribution is 0.829. The minimum Gasteiger partial charge on any atom is -0.0887 e. The largest absolute Gasteiger partial charge is 0.0887 e. The number of hydrogen-bond acceptors (Lipinski definition) is 0. The molecular formula is C11H14BrCl. The molecule has 0 spiro atoms. The first-order chi connectivity index (χ1) is 6.13. The highest BCUT2D eigenvalue weighted by molar-refractivity contribution is 9.09. The van der Waals surface area contributed by atoms with Crippen molar-refractivity contribution in [3.05, 3.63) is 34.3 Å². The molecule has 1 atom stereocenters. The van der Waals surface area contributed by atoms with Gasteiger partial charge in [-0.05, 0) is 37.0 Å². The Hall–Kier alpha value is -0.0100. The van der Waals surface area contributed by atoms with Crippen LogP contribution in [0.25, 0.3) is 0 Å². The SMILES string of the molecule is CCC(Br)Cc1ccc(Cl)c(C)c1. The van der Waals surface area contributed by atoms with Crippen LogP contribution in [0.15, 0.2) is 18.2 Å². The fraction of sp³-hybridized carbons (Fsp3) is 0.455. The van der Waals surface area contributed by atoms with E-state index in [9.17, 15) is 0 Å². The molecule has 0 bridgehead atoms. The zero-order chi connectivity index (χ0) is 9.84. The predicted molar refractivity (Wildman–Crippen MR) is 62.9 cm³/mol. The molecule has 0 aliphatic carbocycles. The number of aryl methyl sites for hydroxylation is 1. The second kappa shape index (κ2) is 5.02. The van der Waals surface area contributed by atoms with Gasteiger partial charge in [-0.25, -0.2) is 0 Å². The number of benzene rings is 1. The van der Waals surface area contributed by atoms with E-state index in [1.54, 1.807) is 0 Å². The van der Waals surface area contributed by atoms with E-state index in [1.165, 1.54) is 5.56 Å². The number of rotatable bonds is 3. The van der Waals surface area contributed by atoms with Gasteiger partial charge in [0.2, 0.25) is 0 Å². The minimum absolute atomic E-state index is 0.577. The Morgan fingerprint density at radius 3 is 2.69 bits per heavy atom. The van der Waals surface area contributed by atoms with Gasteiger partial charge >= 0.3 is 0 Å². The van der Waals surface area contributed by atoms with Gasteiger partial charge in [-0.15, -0.1) is 0 Å². The van der Waals surface area contributed by atoms with Crippen molar-refractivity contribution < 1.29 is 0 Å². The van der Waals surface area contributed by atoms with Crippen LogP contribution in [0.4, 0.5) is 0 Å². The molecule has 2 heteroatoms. The monoisotopic (exact) mass is 260 g/mol. The van der Waals surface area contributed by atoms with E-state index < -0.39 is 0 Å².